The highest BCUT2D eigenvalue weighted by atomic mass is 32.2. The summed E-state index contributed by atoms with van der Waals surface area (Å²) in [7, 11) is 0. The van der Waals surface area contributed by atoms with Crippen LogP contribution in [0, 0.1) is 5.92 Å². The van der Waals surface area contributed by atoms with E-state index in [2.05, 4.69) is 0 Å². The monoisotopic (exact) mass is 334 g/mol. The molecule has 124 valence electrons. The third-order valence-electron chi connectivity index (χ3n) is 3.46. The van der Waals surface area contributed by atoms with Crippen LogP contribution in [-0.4, -0.2) is 32.5 Å². The summed E-state index contributed by atoms with van der Waals surface area (Å²) in [6.45, 7) is -0.404. The van der Waals surface area contributed by atoms with Crippen molar-refractivity contribution in [2.24, 2.45) is 5.92 Å². The maximum Gasteiger partial charge on any atom is 0.406 e. The SMILES string of the molecule is O=C(OCCCC(F)(F)C(F)(F)S(=O)O)C1CCCCC1. The van der Waals surface area contributed by atoms with E-state index in [1.54, 1.807) is 0 Å². The van der Waals surface area contributed by atoms with Gasteiger partial charge in [0.1, 0.15) is 0 Å². The highest BCUT2D eigenvalue weighted by Crippen LogP contribution is 2.39. The lowest BCUT2D eigenvalue weighted by molar-refractivity contribution is -0.166. The van der Waals surface area contributed by atoms with E-state index in [1.807, 2.05) is 0 Å². The molecule has 21 heavy (non-hydrogen) atoms. The highest BCUT2D eigenvalue weighted by Gasteiger charge is 2.60. The van der Waals surface area contributed by atoms with Crippen molar-refractivity contribution in [2.45, 2.75) is 56.1 Å². The maximum absolute atomic E-state index is 13.1. The molecule has 0 aromatic carbocycles. The summed E-state index contributed by atoms with van der Waals surface area (Å²) in [5.74, 6) is -5.36. The zero-order chi connectivity index (χ0) is 16.1. The quantitative estimate of drug-likeness (QED) is 0.336. The average molecular weight is 334 g/mol. The van der Waals surface area contributed by atoms with Gasteiger partial charge in [0.15, 0.2) is 0 Å². The number of alkyl halides is 4. The molecule has 0 amide bonds. The summed E-state index contributed by atoms with van der Waals surface area (Å²) < 4.78 is 75.0. The molecule has 0 aromatic heterocycles. The summed E-state index contributed by atoms with van der Waals surface area (Å²) in [6, 6.07) is 0. The predicted molar refractivity (Wildman–Crippen MR) is 67.4 cm³/mol. The molecule has 0 bridgehead atoms. The second-order valence-corrected chi connectivity index (χ2v) is 6.09. The molecule has 1 aliphatic carbocycles. The van der Waals surface area contributed by atoms with Gasteiger partial charge in [-0.15, -0.1) is 0 Å². The molecule has 0 saturated heterocycles. The molecule has 1 unspecified atom stereocenters. The zero-order valence-corrected chi connectivity index (χ0v) is 12.1. The first-order valence-electron chi connectivity index (χ1n) is 6.71. The standard InChI is InChI=1S/C12H18F4O4S/c13-11(14,12(15,16)21(18)19)7-4-8-20-10(17)9-5-2-1-3-6-9/h9H,1-8H2,(H,18,19). The highest BCUT2D eigenvalue weighted by molar-refractivity contribution is 7.80. The van der Waals surface area contributed by atoms with Gasteiger partial charge < -0.3 is 9.29 Å². The van der Waals surface area contributed by atoms with Crippen LogP contribution in [0.4, 0.5) is 17.6 Å². The summed E-state index contributed by atoms with van der Waals surface area (Å²) in [5.41, 5.74) is 0. The number of carbonyl (C=O) groups is 1. The maximum atomic E-state index is 13.1. The van der Waals surface area contributed by atoms with E-state index in [0.717, 1.165) is 19.3 Å². The number of hydrogen-bond acceptors (Lipinski definition) is 3. The smallest absolute Gasteiger partial charge is 0.406 e. The van der Waals surface area contributed by atoms with Crippen molar-refractivity contribution in [3.8, 4) is 0 Å². The van der Waals surface area contributed by atoms with Gasteiger partial charge in [0, 0.05) is 6.42 Å². The van der Waals surface area contributed by atoms with Crippen LogP contribution in [-0.2, 0) is 20.6 Å². The van der Waals surface area contributed by atoms with Gasteiger partial charge in [0.05, 0.1) is 12.5 Å². The van der Waals surface area contributed by atoms with E-state index in [-0.39, 0.29) is 5.92 Å². The first kappa shape index (κ1) is 18.3. The van der Waals surface area contributed by atoms with Crippen molar-refractivity contribution in [3.63, 3.8) is 0 Å². The molecule has 1 saturated carbocycles. The second-order valence-electron chi connectivity index (χ2n) is 5.08. The molecular formula is C12H18F4O4S. The van der Waals surface area contributed by atoms with Gasteiger partial charge in [-0.25, -0.2) is 4.21 Å². The number of rotatable bonds is 7. The summed E-state index contributed by atoms with van der Waals surface area (Å²) in [4.78, 5) is 11.6. The van der Waals surface area contributed by atoms with Crippen molar-refractivity contribution in [2.75, 3.05) is 6.61 Å². The Hall–Kier alpha value is -0.700. The fourth-order valence-electron chi connectivity index (χ4n) is 2.20. The molecule has 9 heteroatoms. The van der Waals surface area contributed by atoms with Crippen molar-refractivity contribution < 1.29 is 35.9 Å². The number of halogens is 4. The Labute approximate surface area is 122 Å². The molecule has 0 heterocycles. The Balaban J connectivity index is 2.33. The van der Waals surface area contributed by atoms with Crippen LogP contribution < -0.4 is 0 Å². The van der Waals surface area contributed by atoms with Crippen molar-refractivity contribution in [1.29, 1.82) is 0 Å². The first-order chi connectivity index (χ1) is 9.68. The third-order valence-corrected chi connectivity index (χ3v) is 4.20. The Morgan fingerprint density at radius 3 is 2.29 bits per heavy atom. The van der Waals surface area contributed by atoms with Gasteiger partial charge in [-0.3, -0.25) is 4.79 Å². The summed E-state index contributed by atoms with van der Waals surface area (Å²) in [6.07, 6.45) is 2.41. The van der Waals surface area contributed by atoms with Crippen LogP contribution in [0.1, 0.15) is 44.9 Å². The van der Waals surface area contributed by atoms with E-state index >= 15 is 0 Å². The summed E-state index contributed by atoms with van der Waals surface area (Å²) >= 11 is -3.95. The van der Waals surface area contributed by atoms with Gasteiger partial charge in [-0.1, -0.05) is 19.3 Å². The molecule has 0 radical (unpaired) electrons. The molecule has 0 aromatic rings. The van der Waals surface area contributed by atoms with Gasteiger partial charge in [0.25, 0.3) is 0 Å². The minimum absolute atomic E-state index is 0.245. The number of ether oxygens (including phenoxy) is 1. The van der Waals surface area contributed by atoms with Gasteiger partial charge in [0.2, 0.25) is 11.1 Å². The number of hydrogen-bond donors (Lipinski definition) is 1. The predicted octanol–water partition coefficient (Wildman–Crippen LogP) is 3.34. The lowest BCUT2D eigenvalue weighted by Crippen LogP contribution is -2.44. The van der Waals surface area contributed by atoms with Crippen LogP contribution >= 0.6 is 0 Å². The largest absolute Gasteiger partial charge is 0.465 e. The third kappa shape index (κ3) is 4.91. The minimum Gasteiger partial charge on any atom is -0.465 e. The Bertz CT molecular complexity index is 383. The molecule has 1 aliphatic rings. The normalized spacial score (nSPS) is 19.3. The zero-order valence-electron chi connectivity index (χ0n) is 11.3. The van der Waals surface area contributed by atoms with Crippen molar-refractivity contribution >= 4 is 17.0 Å². The molecule has 0 spiro atoms. The summed E-state index contributed by atoms with van der Waals surface area (Å²) in [5, 5.41) is -5.01. The van der Waals surface area contributed by atoms with E-state index in [4.69, 9.17) is 9.29 Å². The Kier molecular flexibility index (Phi) is 6.58. The number of carbonyl (C=O) groups excluding carboxylic acids is 1. The lowest BCUT2D eigenvalue weighted by atomic mass is 9.89. The Morgan fingerprint density at radius 2 is 1.76 bits per heavy atom. The second kappa shape index (κ2) is 7.53. The van der Waals surface area contributed by atoms with E-state index < -0.39 is 47.7 Å². The Morgan fingerprint density at radius 1 is 1.19 bits per heavy atom. The van der Waals surface area contributed by atoms with Gasteiger partial charge in [-0.05, 0) is 19.3 Å². The fraction of sp³-hybridized carbons (Fsp3) is 0.917. The molecule has 4 nitrogen and oxygen atoms in total. The minimum atomic E-state index is -5.01. The average Bonchev–Trinajstić information content (AvgIpc) is 2.44. The number of esters is 1. The molecule has 1 rings (SSSR count). The fourth-order valence-corrected chi connectivity index (χ4v) is 2.55. The van der Waals surface area contributed by atoms with Crippen LogP contribution in [0.5, 0.6) is 0 Å². The van der Waals surface area contributed by atoms with Crippen LogP contribution in [0.15, 0.2) is 0 Å². The molecule has 1 atom stereocenters. The van der Waals surface area contributed by atoms with E-state index in [9.17, 15) is 26.6 Å². The lowest BCUT2D eigenvalue weighted by Gasteiger charge is -2.23. The van der Waals surface area contributed by atoms with E-state index in [1.165, 1.54) is 0 Å². The van der Waals surface area contributed by atoms with Crippen LogP contribution in [0.2, 0.25) is 0 Å². The first-order valence-corrected chi connectivity index (χ1v) is 7.82. The van der Waals surface area contributed by atoms with Crippen molar-refractivity contribution in [1.82, 2.24) is 0 Å². The van der Waals surface area contributed by atoms with Crippen LogP contribution in [0.3, 0.4) is 0 Å². The van der Waals surface area contributed by atoms with Crippen molar-refractivity contribution in [3.05, 3.63) is 0 Å². The van der Waals surface area contributed by atoms with Gasteiger partial charge >= 0.3 is 17.1 Å². The molecule has 1 fully saturated rings. The van der Waals surface area contributed by atoms with Gasteiger partial charge in [-0.2, -0.15) is 17.6 Å². The topological polar surface area (TPSA) is 63.6 Å². The molecule has 0 aliphatic heterocycles. The molecular weight excluding hydrogens is 316 g/mol. The van der Waals surface area contributed by atoms with E-state index in [0.29, 0.717) is 12.8 Å². The molecule has 1 N–H and O–H groups in total. The van der Waals surface area contributed by atoms with Crippen LogP contribution in [0.25, 0.3) is 0 Å².